The molecule has 0 aromatic rings. The lowest BCUT2D eigenvalue weighted by molar-refractivity contribution is -0.151. The van der Waals surface area contributed by atoms with Gasteiger partial charge < -0.3 is 15.5 Å². The summed E-state index contributed by atoms with van der Waals surface area (Å²) in [5.41, 5.74) is 5.62. The molecule has 1 atom stereocenters. The van der Waals surface area contributed by atoms with Crippen molar-refractivity contribution in [2.24, 2.45) is 17.1 Å². The number of carbonyl (C=O) groups is 1. The van der Waals surface area contributed by atoms with Crippen LogP contribution in [0.1, 0.15) is 32.6 Å². The molecule has 1 heterocycles. The number of nitrogens with zero attached hydrogens (tertiary/aromatic N) is 2. The average Bonchev–Trinajstić information content (AvgIpc) is 2.33. The topological polar surface area (TPSA) is 49.6 Å². The molecule has 2 fully saturated rings. The van der Waals surface area contributed by atoms with Gasteiger partial charge in [0.1, 0.15) is 0 Å². The lowest BCUT2D eigenvalue weighted by Gasteiger charge is -2.48. The molecule has 1 saturated heterocycles. The van der Waals surface area contributed by atoms with E-state index in [1.165, 1.54) is 6.42 Å². The molecule has 18 heavy (non-hydrogen) atoms. The van der Waals surface area contributed by atoms with Gasteiger partial charge in [-0.2, -0.15) is 0 Å². The molecule has 2 aliphatic rings. The maximum Gasteiger partial charge on any atom is 0.230 e. The van der Waals surface area contributed by atoms with Gasteiger partial charge in [0.2, 0.25) is 5.91 Å². The third-order valence-electron chi connectivity index (χ3n) is 4.79. The van der Waals surface area contributed by atoms with Crippen LogP contribution in [-0.2, 0) is 4.79 Å². The van der Waals surface area contributed by atoms with Gasteiger partial charge in [-0.3, -0.25) is 4.79 Å². The largest absolute Gasteiger partial charge is 0.341 e. The first kappa shape index (κ1) is 13.8. The maximum atomic E-state index is 12.7. The van der Waals surface area contributed by atoms with Crippen LogP contribution in [0.15, 0.2) is 0 Å². The minimum absolute atomic E-state index is 0.246. The molecule has 1 aliphatic carbocycles. The molecule has 1 unspecified atom stereocenters. The van der Waals surface area contributed by atoms with Crippen molar-refractivity contribution in [3.8, 4) is 0 Å². The summed E-state index contributed by atoms with van der Waals surface area (Å²) in [6.07, 6.45) is 4.25. The zero-order valence-corrected chi connectivity index (χ0v) is 12.0. The van der Waals surface area contributed by atoms with Gasteiger partial charge in [0.05, 0.1) is 5.41 Å². The quantitative estimate of drug-likeness (QED) is 0.813. The SMILES string of the molecule is CC1CC(CN)(C(=O)N(C)C2CCCN(C)C2)C1. The van der Waals surface area contributed by atoms with E-state index < -0.39 is 0 Å². The summed E-state index contributed by atoms with van der Waals surface area (Å²) in [6.45, 7) is 4.86. The Labute approximate surface area is 110 Å². The van der Waals surface area contributed by atoms with E-state index in [0.29, 0.717) is 18.5 Å². The van der Waals surface area contributed by atoms with Crippen molar-refractivity contribution in [1.29, 1.82) is 0 Å². The van der Waals surface area contributed by atoms with E-state index in [9.17, 15) is 4.79 Å². The highest BCUT2D eigenvalue weighted by Gasteiger charge is 2.49. The van der Waals surface area contributed by atoms with Crippen LogP contribution in [-0.4, -0.2) is 55.5 Å². The molecule has 4 nitrogen and oxygen atoms in total. The minimum atomic E-state index is -0.246. The Morgan fingerprint density at radius 2 is 2.17 bits per heavy atom. The van der Waals surface area contributed by atoms with Crippen molar-refractivity contribution in [3.05, 3.63) is 0 Å². The number of nitrogens with two attached hydrogens (primary N) is 1. The minimum Gasteiger partial charge on any atom is -0.341 e. The third kappa shape index (κ3) is 2.41. The summed E-state index contributed by atoms with van der Waals surface area (Å²) in [4.78, 5) is 17.0. The first-order chi connectivity index (χ1) is 8.48. The second-order valence-electron chi connectivity index (χ2n) is 6.47. The standard InChI is InChI=1S/C14H27N3O/c1-11-7-14(8-11,10-15)13(18)17(3)12-5-4-6-16(2)9-12/h11-12H,4-10,15H2,1-3H3. The van der Waals surface area contributed by atoms with Gasteiger partial charge in [0.25, 0.3) is 0 Å². The van der Waals surface area contributed by atoms with E-state index >= 15 is 0 Å². The van der Waals surface area contributed by atoms with E-state index in [1.54, 1.807) is 0 Å². The van der Waals surface area contributed by atoms with Gasteiger partial charge in [-0.25, -0.2) is 0 Å². The van der Waals surface area contributed by atoms with Crippen molar-refractivity contribution in [3.63, 3.8) is 0 Å². The normalized spacial score (nSPS) is 37.1. The molecular formula is C14H27N3O. The van der Waals surface area contributed by atoms with Gasteiger partial charge in [0, 0.05) is 26.2 Å². The average molecular weight is 253 g/mol. The van der Waals surface area contributed by atoms with Crippen LogP contribution in [0, 0.1) is 11.3 Å². The second kappa shape index (κ2) is 5.17. The Balaban J connectivity index is 1.99. The number of hydrogen-bond acceptors (Lipinski definition) is 3. The lowest BCUT2D eigenvalue weighted by Crippen LogP contribution is -2.57. The van der Waals surface area contributed by atoms with Crippen molar-refractivity contribution in [1.82, 2.24) is 9.80 Å². The van der Waals surface area contributed by atoms with Crippen LogP contribution in [0.2, 0.25) is 0 Å². The fourth-order valence-corrected chi connectivity index (χ4v) is 3.70. The summed E-state index contributed by atoms with van der Waals surface area (Å²) in [5.74, 6) is 0.934. The lowest BCUT2D eigenvalue weighted by atomic mass is 9.61. The summed E-state index contributed by atoms with van der Waals surface area (Å²) in [7, 11) is 4.10. The highest BCUT2D eigenvalue weighted by Crippen LogP contribution is 2.46. The van der Waals surface area contributed by atoms with E-state index in [1.807, 2.05) is 11.9 Å². The van der Waals surface area contributed by atoms with Crippen LogP contribution in [0.25, 0.3) is 0 Å². The Hall–Kier alpha value is -0.610. The first-order valence-electron chi connectivity index (χ1n) is 7.14. The summed E-state index contributed by atoms with van der Waals surface area (Å²) in [5, 5.41) is 0. The second-order valence-corrected chi connectivity index (χ2v) is 6.47. The van der Waals surface area contributed by atoms with E-state index in [2.05, 4.69) is 18.9 Å². The van der Waals surface area contributed by atoms with Crippen molar-refractivity contribution < 1.29 is 4.79 Å². The first-order valence-corrected chi connectivity index (χ1v) is 7.14. The Morgan fingerprint density at radius 1 is 1.50 bits per heavy atom. The molecule has 2 N–H and O–H groups in total. The van der Waals surface area contributed by atoms with E-state index in [4.69, 9.17) is 5.73 Å². The predicted octanol–water partition coefficient (Wildman–Crippen LogP) is 0.914. The molecule has 0 radical (unpaired) electrons. The fraction of sp³-hybridized carbons (Fsp3) is 0.929. The molecule has 0 aromatic heterocycles. The number of likely N-dealkylation sites (tertiary alicyclic amines) is 1. The molecule has 104 valence electrons. The number of likely N-dealkylation sites (N-methyl/N-ethyl adjacent to an activating group) is 2. The van der Waals surface area contributed by atoms with E-state index in [0.717, 1.165) is 32.4 Å². The van der Waals surface area contributed by atoms with Crippen LogP contribution >= 0.6 is 0 Å². The van der Waals surface area contributed by atoms with Gasteiger partial charge in [-0.1, -0.05) is 6.92 Å². The number of carbonyl (C=O) groups excluding carboxylic acids is 1. The molecule has 0 spiro atoms. The van der Waals surface area contributed by atoms with Crippen molar-refractivity contribution in [2.45, 2.75) is 38.6 Å². The molecule has 1 amide bonds. The number of hydrogen-bond donors (Lipinski definition) is 1. The number of amides is 1. The number of rotatable bonds is 3. The van der Waals surface area contributed by atoms with E-state index in [-0.39, 0.29) is 11.3 Å². The number of piperidine rings is 1. The maximum absolute atomic E-state index is 12.7. The monoisotopic (exact) mass is 253 g/mol. The smallest absolute Gasteiger partial charge is 0.230 e. The van der Waals surface area contributed by atoms with Gasteiger partial charge in [0.15, 0.2) is 0 Å². The molecule has 0 bridgehead atoms. The van der Waals surface area contributed by atoms with Gasteiger partial charge in [-0.05, 0) is 45.2 Å². The van der Waals surface area contributed by atoms with Crippen LogP contribution in [0.4, 0.5) is 0 Å². The van der Waals surface area contributed by atoms with Crippen LogP contribution < -0.4 is 5.73 Å². The molecule has 1 saturated carbocycles. The fourth-order valence-electron chi connectivity index (χ4n) is 3.70. The molecular weight excluding hydrogens is 226 g/mol. The molecule has 0 aromatic carbocycles. The van der Waals surface area contributed by atoms with Crippen LogP contribution in [0.5, 0.6) is 0 Å². The third-order valence-corrected chi connectivity index (χ3v) is 4.79. The summed E-state index contributed by atoms with van der Waals surface area (Å²) < 4.78 is 0. The summed E-state index contributed by atoms with van der Waals surface area (Å²) >= 11 is 0. The van der Waals surface area contributed by atoms with Gasteiger partial charge >= 0.3 is 0 Å². The van der Waals surface area contributed by atoms with Crippen molar-refractivity contribution in [2.75, 3.05) is 33.7 Å². The zero-order chi connectivity index (χ0) is 13.3. The van der Waals surface area contributed by atoms with Crippen LogP contribution in [0.3, 0.4) is 0 Å². The van der Waals surface area contributed by atoms with Crippen molar-refractivity contribution >= 4 is 5.91 Å². The predicted molar refractivity (Wildman–Crippen MR) is 73.2 cm³/mol. The highest BCUT2D eigenvalue weighted by molar-refractivity contribution is 5.84. The zero-order valence-electron chi connectivity index (χ0n) is 12.0. The Kier molecular flexibility index (Phi) is 3.97. The highest BCUT2D eigenvalue weighted by atomic mass is 16.2. The summed E-state index contributed by atoms with van der Waals surface area (Å²) in [6, 6.07) is 0.371. The Morgan fingerprint density at radius 3 is 2.67 bits per heavy atom. The Bertz CT molecular complexity index is 312. The molecule has 1 aliphatic heterocycles. The molecule has 2 rings (SSSR count). The van der Waals surface area contributed by atoms with Gasteiger partial charge in [-0.15, -0.1) is 0 Å². The molecule has 4 heteroatoms.